The van der Waals surface area contributed by atoms with Gasteiger partial charge in [0.15, 0.2) is 17.3 Å². The standard InChI is InChI=1S/C29H30N4O7/c1-29-14(11-19(34)22(26(29)38)27(30)39)9-13-10-16-18(33(2)3)12-17(23(35)21(16)24(36)20(13)25(29)37)32-28(40)31-15-7-5-4-6-8-15/h4-8,12-14,35-36,38H,9-11H2,1-3H3,(H2,30,39)(H2,31,32,40)/t13?,14?,29-/m1/s1. The molecule has 0 bridgehead atoms. The Labute approximate surface area is 230 Å². The van der Waals surface area contributed by atoms with Crippen LogP contribution in [0.3, 0.4) is 0 Å². The van der Waals surface area contributed by atoms with Crippen molar-refractivity contribution in [3.05, 3.63) is 64.4 Å². The number of fused-ring (bicyclic) bond motifs is 3. The predicted molar refractivity (Wildman–Crippen MR) is 148 cm³/mol. The van der Waals surface area contributed by atoms with Crippen LogP contribution in [0, 0.1) is 17.3 Å². The molecule has 2 aromatic carbocycles. The van der Waals surface area contributed by atoms with E-state index in [1.807, 2.05) is 0 Å². The Kier molecular flexibility index (Phi) is 6.32. The lowest BCUT2D eigenvalue weighted by Gasteiger charge is -2.47. The second-order valence-electron chi connectivity index (χ2n) is 10.8. The van der Waals surface area contributed by atoms with Gasteiger partial charge in [-0.1, -0.05) is 18.2 Å². The van der Waals surface area contributed by atoms with Crippen LogP contribution in [0.1, 0.15) is 30.9 Å². The van der Waals surface area contributed by atoms with E-state index in [-0.39, 0.29) is 36.1 Å². The molecule has 3 aliphatic rings. The van der Waals surface area contributed by atoms with E-state index in [0.717, 1.165) is 0 Å². The number of nitrogens with zero attached hydrogens (tertiary/aromatic N) is 1. The third-order valence-corrected chi connectivity index (χ3v) is 8.28. The maximum atomic E-state index is 14.0. The molecule has 2 aromatic rings. The Morgan fingerprint density at radius 1 is 1.05 bits per heavy atom. The van der Waals surface area contributed by atoms with Crippen LogP contribution < -0.4 is 21.3 Å². The fourth-order valence-electron chi connectivity index (χ4n) is 6.23. The van der Waals surface area contributed by atoms with Crippen molar-refractivity contribution in [2.75, 3.05) is 29.6 Å². The Morgan fingerprint density at radius 3 is 2.35 bits per heavy atom. The number of phenols is 1. The van der Waals surface area contributed by atoms with E-state index in [1.54, 1.807) is 55.4 Å². The average Bonchev–Trinajstić information content (AvgIpc) is 2.88. The van der Waals surface area contributed by atoms with Crippen molar-refractivity contribution < 1.29 is 34.5 Å². The molecule has 3 amide bonds. The number of allylic oxidation sites excluding steroid dienone is 2. The Hall–Kier alpha value is -4.80. The maximum absolute atomic E-state index is 14.0. The van der Waals surface area contributed by atoms with Crippen molar-refractivity contribution in [2.24, 2.45) is 23.0 Å². The molecule has 0 saturated heterocycles. The van der Waals surface area contributed by atoms with E-state index in [9.17, 15) is 34.5 Å². The monoisotopic (exact) mass is 546 g/mol. The van der Waals surface area contributed by atoms with Gasteiger partial charge in [0, 0.05) is 37.5 Å². The van der Waals surface area contributed by atoms with Crippen LogP contribution in [0.15, 0.2) is 53.3 Å². The molecule has 1 fully saturated rings. The summed E-state index contributed by atoms with van der Waals surface area (Å²) >= 11 is 0. The average molecular weight is 547 g/mol. The summed E-state index contributed by atoms with van der Waals surface area (Å²) in [6.07, 6.45) is 0.384. The number of primary amides is 1. The maximum Gasteiger partial charge on any atom is 0.323 e. The number of anilines is 3. The van der Waals surface area contributed by atoms with Crippen LogP contribution in [-0.4, -0.2) is 52.9 Å². The number of para-hydroxylation sites is 1. The summed E-state index contributed by atoms with van der Waals surface area (Å²) in [6, 6.07) is 9.66. The van der Waals surface area contributed by atoms with Gasteiger partial charge in [0.05, 0.1) is 16.7 Å². The first-order valence-corrected chi connectivity index (χ1v) is 12.8. The molecule has 0 aromatic heterocycles. The molecule has 7 N–H and O–H groups in total. The Bertz CT molecular complexity index is 1540. The van der Waals surface area contributed by atoms with Gasteiger partial charge in [-0.2, -0.15) is 0 Å². The number of nitrogens with two attached hydrogens (primary N) is 1. The number of carbonyl (C=O) groups is 4. The smallest absolute Gasteiger partial charge is 0.323 e. The third-order valence-electron chi connectivity index (χ3n) is 8.28. The zero-order valence-electron chi connectivity index (χ0n) is 22.2. The van der Waals surface area contributed by atoms with Crippen molar-refractivity contribution in [2.45, 2.75) is 26.2 Å². The number of hydrogen-bond acceptors (Lipinski definition) is 8. The first-order chi connectivity index (χ1) is 18.9. The topological polar surface area (TPSA) is 182 Å². The minimum absolute atomic E-state index is 0.00617. The van der Waals surface area contributed by atoms with Crippen molar-refractivity contribution in [3.63, 3.8) is 0 Å². The van der Waals surface area contributed by atoms with Crippen LogP contribution in [-0.2, 0) is 20.8 Å². The van der Waals surface area contributed by atoms with Gasteiger partial charge < -0.3 is 36.6 Å². The summed E-state index contributed by atoms with van der Waals surface area (Å²) in [4.78, 5) is 53.0. The van der Waals surface area contributed by atoms with Gasteiger partial charge in [0.25, 0.3) is 5.91 Å². The van der Waals surface area contributed by atoms with Gasteiger partial charge in [-0.3, -0.25) is 14.4 Å². The lowest BCUT2D eigenvalue weighted by molar-refractivity contribution is -0.134. The molecule has 208 valence electrons. The first kappa shape index (κ1) is 26.8. The highest BCUT2D eigenvalue weighted by Crippen LogP contribution is 2.57. The Morgan fingerprint density at radius 2 is 1.73 bits per heavy atom. The van der Waals surface area contributed by atoms with Gasteiger partial charge in [-0.05, 0) is 55.4 Å². The summed E-state index contributed by atoms with van der Waals surface area (Å²) < 4.78 is 0. The largest absolute Gasteiger partial charge is 0.510 e. The van der Waals surface area contributed by atoms with Crippen LogP contribution in [0.4, 0.5) is 21.9 Å². The van der Waals surface area contributed by atoms with Crippen molar-refractivity contribution in [3.8, 4) is 5.75 Å². The molecule has 5 rings (SSSR count). The SMILES string of the molecule is CN(C)c1cc(NC(=O)Nc2ccccc2)c(O)c2c1CC1CC3CC(=O)C(C(N)=O)=C(O)[C@@]3(C)C(=O)C1=C2O. The number of rotatable bonds is 4. The number of aromatic hydroxyl groups is 1. The van der Waals surface area contributed by atoms with E-state index in [0.29, 0.717) is 16.9 Å². The number of ketones is 2. The molecule has 0 heterocycles. The van der Waals surface area contributed by atoms with E-state index in [1.165, 1.54) is 6.92 Å². The van der Waals surface area contributed by atoms with E-state index < -0.39 is 63.6 Å². The second-order valence-corrected chi connectivity index (χ2v) is 10.8. The number of amides is 3. The third kappa shape index (κ3) is 3.96. The number of nitrogens with one attached hydrogen (secondary N) is 2. The number of carbonyl (C=O) groups excluding carboxylic acids is 4. The van der Waals surface area contributed by atoms with Gasteiger partial charge in [0.1, 0.15) is 17.1 Å². The molecule has 40 heavy (non-hydrogen) atoms. The summed E-state index contributed by atoms with van der Waals surface area (Å²) in [5, 5.41) is 39.0. The van der Waals surface area contributed by atoms with Gasteiger partial charge in [-0.25, -0.2) is 4.79 Å². The van der Waals surface area contributed by atoms with Crippen LogP contribution >= 0.6 is 0 Å². The fourth-order valence-corrected chi connectivity index (χ4v) is 6.23. The lowest BCUT2D eigenvalue weighted by Crippen LogP contribution is -2.51. The quantitative estimate of drug-likeness (QED) is 0.249. The van der Waals surface area contributed by atoms with E-state index in [4.69, 9.17) is 5.73 Å². The number of aliphatic hydroxyl groups is 2. The normalized spacial score (nSPS) is 23.7. The molecule has 0 spiro atoms. The predicted octanol–water partition coefficient (Wildman–Crippen LogP) is 3.41. The highest BCUT2D eigenvalue weighted by Gasteiger charge is 2.58. The second kappa shape index (κ2) is 9.44. The minimum atomic E-state index is -1.65. The van der Waals surface area contributed by atoms with Gasteiger partial charge in [-0.15, -0.1) is 0 Å². The molecule has 0 aliphatic heterocycles. The number of phenolic OH excluding ortho intramolecular Hbond substituents is 1. The molecule has 1 saturated carbocycles. The summed E-state index contributed by atoms with van der Waals surface area (Å²) in [7, 11) is 3.54. The molecular formula is C29H30N4O7. The number of hydrogen-bond donors (Lipinski definition) is 6. The molecule has 11 nitrogen and oxygen atoms in total. The number of benzene rings is 2. The molecule has 2 unspecified atom stereocenters. The summed E-state index contributed by atoms with van der Waals surface area (Å²) in [6.45, 7) is 1.44. The minimum Gasteiger partial charge on any atom is -0.510 e. The summed E-state index contributed by atoms with van der Waals surface area (Å²) in [5.74, 6) is -5.11. The van der Waals surface area contributed by atoms with E-state index >= 15 is 0 Å². The lowest BCUT2D eigenvalue weighted by atomic mass is 9.54. The zero-order chi connectivity index (χ0) is 29.1. The summed E-state index contributed by atoms with van der Waals surface area (Å²) in [5.41, 5.74) is 4.78. The van der Waals surface area contributed by atoms with Crippen LogP contribution in [0.5, 0.6) is 5.75 Å². The molecule has 11 heteroatoms. The zero-order valence-corrected chi connectivity index (χ0v) is 22.2. The molecule has 0 radical (unpaired) electrons. The van der Waals surface area contributed by atoms with Crippen molar-refractivity contribution in [1.29, 1.82) is 0 Å². The Balaban J connectivity index is 1.61. The fraction of sp³-hybridized carbons (Fsp3) is 0.310. The highest BCUT2D eigenvalue weighted by molar-refractivity contribution is 6.22. The van der Waals surface area contributed by atoms with Gasteiger partial charge in [0.2, 0.25) is 0 Å². The van der Waals surface area contributed by atoms with Gasteiger partial charge >= 0.3 is 6.03 Å². The van der Waals surface area contributed by atoms with Crippen molar-refractivity contribution >= 4 is 46.3 Å². The first-order valence-electron chi connectivity index (χ1n) is 12.8. The number of aliphatic hydroxyl groups excluding tert-OH is 2. The number of Topliss-reactive ketones (excluding diaryl/α,β-unsaturated/α-hetero) is 2. The molecule has 3 atom stereocenters. The molecule has 3 aliphatic carbocycles. The number of urea groups is 1. The van der Waals surface area contributed by atoms with Crippen LogP contribution in [0.25, 0.3) is 5.76 Å². The highest BCUT2D eigenvalue weighted by atomic mass is 16.3. The molecular weight excluding hydrogens is 516 g/mol. The van der Waals surface area contributed by atoms with Crippen LogP contribution in [0.2, 0.25) is 0 Å². The van der Waals surface area contributed by atoms with Crippen molar-refractivity contribution in [1.82, 2.24) is 0 Å². The van der Waals surface area contributed by atoms with E-state index in [2.05, 4.69) is 10.6 Å².